The molecule has 24 heavy (non-hydrogen) atoms. The van der Waals surface area contributed by atoms with Crippen molar-refractivity contribution in [3.63, 3.8) is 0 Å². The summed E-state index contributed by atoms with van der Waals surface area (Å²) in [5, 5.41) is 13.8. The highest BCUT2D eigenvalue weighted by Crippen LogP contribution is 2.29. The van der Waals surface area contributed by atoms with Crippen LogP contribution in [0, 0.1) is 0 Å². The van der Waals surface area contributed by atoms with Gasteiger partial charge < -0.3 is 15.3 Å². The molecule has 2 aromatic carbocycles. The molecule has 1 aliphatic rings. The number of anilines is 1. The Morgan fingerprint density at radius 1 is 1.29 bits per heavy atom. The Balaban J connectivity index is 1.54. The average molecular weight is 345 g/mol. The Morgan fingerprint density at radius 2 is 2.04 bits per heavy atom. The van der Waals surface area contributed by atoms with Crippen LogP contribution in [0.4, 0.5) is 5.69 Å². The van der Waals surface area contributed by atoms with Gasteiger partial charge in [0.1, 0.15) is 0 Å². The summed E-state index contributed by atoms with van der Waals surface area (Å²) in [5.74, 6) is -0.114. The molecule has 2 aromatic rings. The molecule has 0 fully saturated rings. The third-order valence-corrected chi connectivity index (χ3v) is 4.64. The number of carbonyl (C=O) groups excluding carboxylic acids is 1. The van der Waals surface area contributed by atoms with Gasteiger partial charge in [0.25, 0.3) is 0 Å². The summed E-state index contributed by atoms with van der Waals surface area (Å²) in [5.41, 5.74) is 4.21. The maximum atomic E-state index is 12.0. The number of likely N-dealkylation sites (N-methyl/N-ethyl adjacent to an activating group) is 1. The van der Waals surface area contributed by atoms with Gasteiger partial charge in [0.2, 0.25) is 5.91 Å². The van der Waals surface area contributed by atoms with Crippen LogP contribution in [0.1, 0.15) is 22.8 Å². The predicted octanol–water partition coefficient (Wildman–Crippen LogP) is 2.72. The van der Waals surface area contributed by atoms with E-state index in [1.165, 1.54) is 11.3 Å². The number of benzene rings is 2. The maximum Gasteiger partial charge on any atom is 0.224 e. The fourth-order valence-electron chi connectivity index (χ4n) is 2.97. The van der Waals surface area contributed by atoms with Crippen molar-refractivity contribution < 1.29 is 9.90 Å². The molecule has 1 aliphatic heterocycles. The molecule has 1 amide bonds. The standard InChI is InChI=1S/C19H21ClN2O2/c1-22-9-8-14-11-15(4-7-17(14)22)18(23)12-21-19(24)10-13-2-5-16(20)6-3-13/h2-7,11,18,23H,8-10,12H2,1H3,(H,21,24). The third-order valence-electron chi connectivity index (χ3n) is 4.39. The van der Waals surface area contributed by atoms with Crippen molar-refractivity contribution in [3.05, 3.63) is 64.2 Å². The molecule has 0 saturated carbocycles. The van der Waals surface area contributed by atoms with Crippen LogP contribution in [0.15, 0.2) is 42.5 Å². The van der Waals surface area contributed by atoms with Gasteiger partial charge in [-0.3, -0.25) is 4.79 Å². The van der Waals surface area contributed by atoms with E-state index < -0.39 is 6.10 Å². The normalized spacial score (nSPS) is 14.4. The van der Waals surface area contributed by atoms with Crippen LogP contribution >= 0.6 is 11.6 Å². The number of carbonyl (C=O) groups is 1. The Bertz CT molecular complexity index is 731. The van der Waals surface area contributed by atoms with Crippen molar-refractivity contribution in [2.75, 3.05) is 25.0 Å². The largest absolute Gasteiger partial charge is 0.387 e. The molecular formula is C19H21ClN2O2. The fourth-order valence-corrected chi connectivity index (χ4v) is 3.10. The lowest BCUT2D eigenvalue weighted by Gasteiger charge is -2.15. The van der Waals surface area contributed by atoms with Gasteiger partial charge in [0, 0.05) is 30.8 Å². The number of aliphatic hydroxyl groups excluding tert-OH is 1. The molecule has 0 saturated heterocycles. The molecule has 0 bridgehead atoms. The molecule has 2 N–H and O–H groups in total. The molecule has 5 heteroatoms. The van der Waals surface area contributed by atoms with E-state index >= 15 is 0 Å². The van der Waals surface area contributed by atoms with Crippen molar-refractivity contribution in [1.82, 2.24) is 5.32 Å². The second kappa shape index (κ2) is 7.24. The van der Waals surface area contributed by atoms with E-state index in [9.17, 15) is 9.90 Å². The van der Waals surface area contributed by atoms with Gasteiger partial charge in [-0.1, -0.05) is 35.9 Å². The van der Waals surface area contributed by atoms with E-state index in [0.717, 1.165) is 24.1 Å². The summed E-state index contributed by atoms with van der Waals surface area (Å²) in [6, 6.07) is 13.2. The zero-order valence-corrected chi connectivity index (χ0v) is 14.4. The minimum absolute atomic E-state index is 0.114. The van der Waals surface area contributed by atoms with E-state index in [1.54, 1.807) is 12.1 Å². The number of hydrogen-bond acceptors (Lipinski definition) is 3. The van der Waals surface area contributed by atoms with E-state index in [1.807, 2.05) is 30.3 Å². The highest BCUT2D eigenvalue weighted by atomic mass is 35.5. The number of aliphatic hydroxyl groups is 1. The minimum atomic E-state index is -0.699. The molecule has 0 radical (unpaired) electrons. The third kappa shape index (κ3) is 3.89. The van der Waals surface area contributed by atoms with Crippen molar-refractivity contribution >= 4 is 23.2 Å². The van der Waals surface area contributed by atoms with E-state index in [2.05, 4.69) is 17.3 Å². The van der Waals surface area contributed by atoms with E-state index in [4.69, 9.17) is 11.6 Å². The first-order valence-corrected chi connectivity index (χ1v) is 8.44. The van der Waals surface area contributed by atoms with Crippen LogP contribution in [0.5, 0.6) is 0 Å². The number of rotatable bonds is 5. The summed E-state index contributed by atoms with van der Waals surface area (Å²) >= 11 is 5.83. The monoisotopic (exact) mass is 344 g/mol. The maximum absolute atomic E-state index is 12.0. The van der Waals surface area contributed by atoms with Crippen LogP contribution in [0.3, 0.4) is 0 Å². The van der Waals surface area contributed by atoms with Crippen LogP contribution in [0.25, 0.3) is 0 Å². The summed E-state index contributed by atoms with van der Waals surface area (Å²) in [4.78, 5) is 14.2. The molecule has 1 heterocycles. The van der Waals surface area contributed by atoms with Gasteiger partial charge in [-0.05, 0) is 41.3 Å². The summed E-state index contributed by atoms with van der Waals surface area (Å²) < 4.78 is 0. The van der Waals surface area contributed by atoms with Crippen LogP contribution in [0.2, 0.25) is 5.02 Å². The summed E-state index contributed by atoms with van der Waals surface area (Å²) in [6.45, 7) is 1.22. The fraction of sp³-hybridized carbons (Fsp3) is 0.316. The first-order valence-electron chi connectivity index (χ1n) is 8.06. The summed E-state index contributed by atoms with van der Waals surface area (Å²) in [7, 11) is 2.07. The van der Waals surface area contributed by atoms with Gasteiger partial charge in [0.05, 0.1) is 12.5 Å². The van der Waals surface area contributed by atoms with Gasteiger partial charge in [-0.15, -0.1) is 0 Å². The lowest BCUT2D eigenvalue weighted by molar-refractivity contribution is -0.120. The van der Waals surface area contributed by atoms with Gasteiger partial charge in [-0.25, -0.2) is 0 Å². The van der Waals surface area contributed by atoms with Crippen molar-refractivity contribution in [1.29, 1.82) is 0 Å². The first-order chi connectivity index (χ1) is 11.5. The Hall–Kier alpha value is -2.04. The lowest BCUT2D eigenvalue weighted by Crippen LogP contribution is -2.29. The Kier molecular flexibility index (Phi) is 5.07. The average Bonchev–Trinajstić information content (AvgIpc) is 2.95. The zero-order valence-electron chi connectivity index (χ0n) is 13.6. The quantitative estimate of drug-likeness (QED) is 0.877. The number of nitrogens with zero attached hydrogens (tertiary/aromatic N) is 1. The molecule has 0 spiro atoms. The first kappa shape index (κ1) is 16.8. The van der Waals surface area contributed by atoms with Gasteiger partial charge in [-0.2, -0.15) is 0 Å². The lowest BCUT2D eigenvalue weighted by atomic mass is 10.0. The van der Waals surface area contributed by atoms with Gasteiger partial charge in [0.15, 0.2) is 0 Å². The van der Waals surface area contributed by atoms with Crippen LogP contribution in [-0.2, 0) is 17.6 Å². The molecule has 0 aromatic heterocycles. The van der Waals surface area contributed by atoms with Crippen molar-refractivity contribution in [2.45, 2.75) is 18.9 Å². The topological polar surface area (TPSA) is 52.6 Å². The molecule has 126 valence electrons. The zero-order chi connectivity index (χ0) is 17.1. The number of fused-ring (bicyclic) bond motifs is 1. The van der Waals surface area contributed by atoms with Crippen molar-refractivity contribution in [3.8, 4) is 0 Å². The molecule has 1 unspecified atom stereocenters. The van der Waals surface area contributed by atoms with Crippen LogP contribution < -0.4 is 10.2 Å². The number of halogens is 1. The number of hydrogen-bond donors (Lipinski definition) is 2. The number of amides is 1. The highest BCUT2D eigenvalue weighted by Gasteiger charge is 2.18. The van der Waals surface area contributed by atoms with Crippen molar-refractivity contribution in [2.24, 2.45) is 0 Å². The predicted molar refractivity (Wildman–Crippen MR) is 96.5 cm³/mol. The Labute approximate surface area is 147 Å². The van der Waals surface area contributed by atoms with E-state index in [0.29, 0.717) is 5.02 Å². The molecule has 4 nitrogen and oxygen atoms in total. The second-order valence-corrected chi connectivity index (χ2v) is 6.62. The molecular weight excluding hydrogens is 324 g/mol. The smallest absolute Gasteiger partial charge is 0.224 e. The van der Waals surface area contributed by atoms with Gasteiger partial charge >= 0.3 is 0 Å². The molecule has 0 aliphatic carbocycles. The molecule has 3 rings (SSSR count). The van der Waals surface area contributed by atoms with Crippen LogP contribution in [-0.4, -0.2) is 31.2 Å². The minimum Gasteiger partial charge on any atom is -0.387 e. The summed E-state index contributed by atoms with van der Waals surface area (Å²) in [6.07, 6.45) is 0.573. The Morgan fingerprint density at radius 3 is 2.79 bits per heavy atom. The second-order valence-electron chi connectivity index (χ2n) is 6.18. The molecule has 1 atom stereocenters. The van der Waals surface area contributed by atoms with E-state index in [-0.39, 0.29) is 18.9 Å². The SMILES string of the molecule is CN1CCc2cc(C(O)CNC(=O)Cc3ccc(Cl)cc3)ccc21. The highest BCUT2D eigenvalue weighted by molar-refractivity contribution is 6.30. The number of nitrogens with one attached hydrogen (secondary N) is 1.